The van der Waals surface area contributed by atoms with Gasteiger partial charge >= 0.3 is 0 Å². The van der Waals surface area contributed by atoms with Gasteiger partial charge < -0.3 is 0 Å². The molecule has 0 N–H and O–H groups in total. The summed E-state index contributed by atoms with van der Waals surface area (Å²) in [7, 11) is 0. The van der Waals surface area contributed by atoms with Crippen LogP contribution in [0.15, 0.2) is 36.5 Å². The zero-order valence-electron chi connectivity index (χ0n) is 15.4. The van der Waals surface area contributed by atoms with Crippen molar-refractivity contribution in [3.05, 3.63) is 70.4 Å². The SMILES string of the molecule is CC1(C)C2CCC1(c1ccnc(Cl)n1)c1nnc(-c3c(F)cccc3F)cc12. The number of nitrogens with zero attached hydrogens (tertiary/aromatic N) is 4. The topological polar surface area (TPSA) is 51.6 Å². The second-order valence-electron chi connectivity index (χ2n) is 8.06. The third kappa shape index (κ3) is 2.09. The van der Waals surface area contributed by atoms with Crippen molar-refractivity contribution in [1.82, 2.24) is 20.2 Å². The minimum Gasteiger partial charge on any atom is -0.227 e. The summed E-state index contributed by atoms with van der Waals surface area (Å²) in [5.74, 6) is -1.09. The van der Waals surface area contributed by atoms with E-state index in [1.165, 1.54) is 18.2 Å². The molecule has 0 saturated heterocycles. The number of hydrogen-bond acceptors (Lipinski definition) is 4. The van der Waals surface area contributed by atoms with Gasteiger partial charge in [-0.2, -0.15) is 5.10 Å². The van der Waals surface area contributed by atoms with Crippen LogP contribution in [0.25, 0.3) is 11.3 Å². The molecular formula is C21H17ClF2N4. The average Bonchev–Trinajstić information content (AvgIpc) is 3.03. The highest BCUT2D eigenvalue weighted by molar-refractivity contribution is 6.28. The molecule has 4 nitrogen and oxygen atoms in total. The molecule has 1 aromatic carbocycles. The van der Waals surface area contributed by atoms with E-state index in [0.717, 1.165) is 29.8 Å². The van der Waals surface area contributed by atoms with E-state index in [1.807, 2.05) is 6.07 Å². The molecule has 0 spiro atoms. The summed E-state index contributed by atoms with van der Waals surface area (Å²) >= 11 is 6.07. The lowest BCUT2D eigenvalue weighted by molar-refractivity contribution is 0.242. The van der Waals surface area contributed by atoms with Crippen molar-refractivity contribution >= 4 is 11.6 Å². The highest BCUT2D eigenvalue weighted by Gasteiger charge is 2.65. The lowest BCUT2D eigenvalue weighted by atomic mass is 9.66. The highest BCUT2D eigenvalue weighted by Crippen LogP contribution is 2.69. The molecule has 2 aromatic heterocycles. The lowest BCUT2D eigenvalue weighted by Gasteiger charge is -2.37. The minimum atomic E-state index is -0.644. The van der Waals surface area contributed by atoms with Crippen LogP contribution in [0.5, 0.6) is 0 Å². The number of aromatic nitrogens is 4. The second kappa shape index (κ2) is 5.77. The Morgan fingerprint density at radius 1 is 1.11 bits per heavy atom. The smallest absolute Gasteiger partial charge is 0.222 e. The molecule has 2 heterocycles. The van der Waals surface area contributed by atoms with Gasteiger partial charge in [0.2, 0.25) is 5.28 Å². The van der Waals surface area contributed by atoms with Gasteiger partial charge in [-0.15, -0.1) is 5.10 Å². The first-order valence-corrected chi connectivity index (χ1v) is 9.55. The van der Waals surface area contributed by atoms with Crippen molar-refractivity contribution < 1.29 is 8.78 Å². The molecule has 28 heavy (non-hydrogen) atoms. The van der Waals surface area contributed by atoms with E-state index >= 15 is 0 Å². The first-order chi connectivity index (χ1) is 13.4. The van der Waals surface area contributed by atoms with E-state index in [9.17, 15) is 8.78 Å². The van der Waals surface area contributed by atoms with Crippen LogP contribution in [0, 0.1) is 17.0 Å². The van der Waals surface area contributed by atoms with Gasteiger partial charge in [0, 0.05) is 6.20 Å². The van der Waals surface area contributed by atoms with E-state index in [-0.39, 0.29) is 27.9 Å². The van der Waals surface area contributed by atoms with E-state index in [4.69, 9.17) is 11.6 Å². The van der Waals surface area contributed by atoms with Crippen LogP contribution in [0.4, 0.5) is 8.78 Å². The molecule has 2 bridgehead atoms. The fourth-order valence-corrected chi connectivity index (χ4v) is 5.48. The van der Waals surface area contributed by atoms with Crippen molar-refractivity contribution in [2.45, 2.75) is 38.0 Å². The Morgan fingerprint density at radius 3 is 2.57 bits per heavy atom. The van der Waals surface area contributed by atoms with E-state index < -0.39 is 17.0 Å². The molecule has 0 aliphatic heterocycles. The van der Waals surface area contributed by atoms with Gasteiger partial charge in [-0.05, 0) is 65.6 Å². The van der Waals surface area contributed by atoms with Gasteiger partial charge in [0.15, 0.2) is 0 Å². The van der Waals surface area contributed by atoms with Crippen LogP contribution in [-0.4, -0.2) is 20.2 Å². The fraction of sp³-hybridized carbons (Fsp3) is 0.333. The van der Waals surface area contributed by atoms with Gasteiger partial charge in [-0.1, -0.05) is 19.9 Å². The van der Waals surface area contributed by atoms with Crippen molar-refractivity contribution in [2.24, 2.45) is 5.41 Å². The van der Waals surface area contributed by atoms with Crippen LogP contribution in [0.1, 0.15) is 49.6 Å². The Hall–Kier alpha value is -2.47. The summed E-state index contributed by atoms with van der Waals surface area (Å²) < 4.78 is 28.5. The predicted molar refractivity (Wildman–Crippen MR) is 101 cm³/mol. The molecule has 2 atom stereocenters. The van der Waals surface area contributed by atoms with Gasteiger partial charge in [0.1, 0.15) is 11.6 Å². The van der Waals surface area contributed by atoms with Crippen LogP contribution < -0.4 is 0 Å². The number of rotatable bonds is 2. The van der Waals surface area contributed by atoms with Gasteiger partial charge in [-0.25, -0.2) is 18.7 Å². The Bertz CT molecular complexity index is 1100. The third-order valence-corrected chi connectivity index (χ3v) is 6.85. The zero-order chi connectivity index (χ0) is 19.7. The Labute approximate surface area is 166 Å². The van der Waals surface area contributed by atoms with E-state index in [2.05, 4.69) is 34.0 Å². The zero-order valence-corrected chi connectivity index (χ0v) is 16.1. The average molecular weight is 399 g/mol. The number of halogens is 3. The summed E-state index contributed by atoms with van der Waals surface area (Å²) in [5, 5.41) is 8.89. The molecule has 0 radical (unpaired) electrons. The van der Waals surface area contributed by atoms with Gasteiger partial charge in [0.25, 0.3) is 0 Å². The van der Waals surface area contributed by atoms with E-state index in [1.54, 1.807) is 12.3 Å². The van der Waals surface area contributed by atoms with Crippen LogP contribution in [-0.2, 0) is 5.41 Å². The van der Waals surface area contributed by atoms with Crippen LogP contribution >= 0.6 is 11.6 Å². The molecule has 2 aliphatic carbocycles. The number of hydrogen-bond donors (Lipinski definition) is 0. The maximum atomic E-state index is 14.3. The second-order valence-corrected chi connectivity index (χ2v) is 8.40. The maximum Gasteiger partial charge on any atom is 0.222 e. The minimum absolute atomic E-state index is 0.141. The first kappa shape index (κ1) is 17.6. The molecule has 142 valence electrons. The summed E-state index contributed by atoms with van der Waals surface area (Å²) in [6.07, 6.45) is 3.46. The molecule has 2 aliphatic rings. The molecule has 1 saturated carbocycles. The van der Waals surface area contributed by atoms with Crippen LogP contribution in [0.3, 0.4) is 0 Å². The third-order valence-electron chi connectivity index (χ3n) is 6.66. The molecule has 7 heteroatoms. The Kier molecular flexibility index (Phi) is 3.63. The monoisotopic (exact) mass is 398 g/mol. The predicted octanol–water partition coefficient (Wildman–Crippen LogP) is 5.07. The first-order valence-electron chi connectivity index (χ1n) is 9.18. The van der Waals surface area contributed by atoms with E-state index in [0.29, 0.717) is 0 Å². The molecule has 3 aromatic rings. The quantitative estimate of drug-likeness (QED) is 0.565. The Morgan fingerprint density at radius 2 is 1.86 bits per heavy atom. The fourth-order valence-electron chi connectivity index (χ4n) is 5.33. The molecule has 2 unspecified atom stereocenters. The van der Waals surface area contributed by atoms with Crippen molar-refractivity contribution in [3.8, 4) is 11.3 Å². The van der Waals surface area contributed by atoms with Crippen molar-refractivity contribution in [1.29, 1.82) is 0 Å². The molecule has 5 rings (SSSR count). The summed E-state index contributed by atoms with van der Waals surface area (Å²) in [6, 6.07) is 7.46. The summed E-state index contributed by atoms with van der Waals surface area (Å²) in [5.41, 5.74) is 2.07. The lowest BCUT2D eigenvalue weighted by Crippen LogP contribution is -2.37. The van der Waals surface area contributed by atoms with Crippen molar-refractivity contribution in [2.75, 3.05) is 0 Å². The summed E-state index contributed by atoms with van der Waals surface area (Å²) in [4.78, 5) is 8.50. The molecular weight excluding hydrogens is 382 g/mol. The Balaban J connectivity index is 1.74. The standard InChI is InChI=1S/C21H17ClF2N4/c1-20(2)12-6-8-21(20,16-7-9-25-19(22)26-16)18-11(12)10-15(27-28-18)17-13(23)4-3-5-14(17)24/h3-5,7,9-10,12H,6,8H2,1-2H3. The largest absolute Gasteiger partial charge is 0.227 e. The molecule has 1 fully saturated rings. The normalized spacial score (nSPS) is 24.4. The number of fused-ring (bicyclic) bond motifs is 5. The van der Waals surface area contributed by atoms with Gasteiger partial charge in [-0.3, -0.25) is 0 Å². The van der Waals surface area contributed by atoms with Gasteiger partial charge in [0.05, 0.1) is 28.1 Å². The van der Waals surface area contributed by atoms with Crippen LogP contribution in [0.2, 0.25) is 5.28 Å². The maximum absolute atomic E-state index is 14.3. The highest BCUT2D eigenvalue weighted by atomic mass is 35.5. The molecule has 0 amide bonds. The number of benzene rings is 1. The summed E-state index contributed by atoms with van der Waals surface area (Å²) in [6.45, 7) is 4.37. The van der Waals surface area contributed by atoms with Crippen molar-refractivity contribution in [3.63, 3.8) is 0 Å².